The minimum atomic E-state index is -2.25. The van der Waals surface area contributed by atoms with Crippen molar-refractivity contribution in [1.82, 2.24) is 4.98 Å². The zero-order valence-electron chi connectivity index (χ0n) is 11.4. The monoisotopic (exact) mass is 349 g/mol. The average molecular weight is 348 g/mol. The van der Waals surface area contributed by atoms with Gasteiger partial charge in [0, 0.05) is 0 Å². The standard InChI is InChI=1S/C12H10NO.3CH3.Sn/c1-14-11-7-8-12(13-9-11)10-5-3-2-4-6-10;;;;/h2-8H,1H3;3*1H3;. The summed E-state index contributed by atoms with van der Waals surface area (Å²) >= 11 is -2.25. The molecule has 94 valence electrons. The van der Waals surface area contributed by atoms with Gasteiger partial charge in [0.05, 0.1) is 0 Å². The first-order valence-corrected chi connectivity index (χ1v) is 16.1. The molecule has 2 aromatic rings. The van der Waals surface area contributed by atoms with Crippen LogP contribution in [0.3, 0.4) is 0 Å². The molecule has 1 aromatic carbocycles. The Labute approximate surface area is 113 Å². The third kappa shape index (κ3) is 2.86. The van der Waals surface area contributed by atoms with Crippen LogP contribution in [0.15, 0.2) is 42.5 Å². The van der Waals surface area contributed by atoms with Gasteiger partial charge in [0.15, 0.2) is 0 Å². The normalized spacial score (nSPS) is 11.3. The third-order valence-electron chi connectivity index (χ3n) is 2.86. The first-order valence-electron chi connectivity index (χ1n) is 6.13. The van der Waals surface area contributed by atoms with Crippen molar-refractivity contribution >= 4 is 22.1 Å². The molecule has 0 aliphatic carbocycles. The second-order valence-corrected chi connectivity index (χ2v) is 19.6. The molecule has 0 N–H and O–H groups in total. The van der Waals surface area contributed by atoms with Gasteiger partial charge in [-0.2, -0.15) is 0 Å². The van der Waals surface area contributed by atoms with Gasteiger partial charge >= 0.3 is 113 Å². The van der Waals surface area contributed by atoms with Crippen molar-refractivity contribution in [2.24, 2.45) is 0 Å². The topological polar surface area (TPSA) is 22.1 Å². The molecule has 0 saturated carbocycles. The average Bonchev–Trinajstić information content (AvgIpc) is 2.38. The van der Waals surface area contributed by atoms with Crippen molar-refractivity contribution in [2.45, 2.75) is 14.8 Å². The Hall–Kier alpha value is -1.03. The molecule has 0 aliphatic heterocycles. The van der Waals surface area contributed by atoms with Crippen LogP contribution in [0.25, 0.3) is 11.3 Å². The number of hydrogen-bond donors (Lipinski definition) is 0. The zero-order chi connectivity index (χ0) is 13.2. The Morgan fingerprint density at radius 1 is 0.944 bits per heavy atom. The summed E-state index contributed by atoms with van der Waals surface area (Å²) in [7, 11) is 1.72. The number of aromatic nitrogens is 1. The Balaban J connectivity index is 2.53. The number of methoxy groups -OCH3 is 1. The van der Waals surface area contributed by atoms with Crippen molar-refractivity contribution in [2.75, 3.05) is 7.11 Å². The van der Waals surface area contributed by atoms with Gasteiger partial charge in [-0.05, 0) is 0 Å². The van der Waals surface area contributed by atoms with Crippen LogP contribution >= 0.6 is 0 Å². The van der Waals surface area contributed by atoms with Crippen LogP contribution in [0.4, 0.5) is 0 Å². The van der Waals surface area contributed by atoms with Gasteiger partial charge in [0.1, 0.15) is 0 Å². The molecule has 1 heterocycles. The molecule has 0 aliphatic rings. The van der Waals surface area contributed by atoms with Crippen molar-refractivity contribution in [3.05, 3.63) is 42.5 Å². The Kier molecular flexibility index (Phi) is 3.95. The summed E-state index contributed by atoms with van der Waals surface area (Å²) in [5, 5.41) is 0. The quantitative estimate of drug-likeness (QED) is 0.795. The van der Waals surface area contributed by atoms with Gasteiger partial charge in [-0.25, -0.2) is 0 Å². The van der Waals surface area contributed by atoms with Crippen LogP contribution in [0, 0.1) is 0 Å². The maximum atomic E-state index is 5.45. The molecule has 0 unspecified atom stereocenters. The van der Waals surface area contributed by atoms with E-state index >= 15 is 0 Å². The van der Waals surface area contributed by atoms with E-state index in [0.717, 1.165) is 17.0 Å². The molecule has 0 spiro atoms. The SMILES string of the molecule is COc1ccc(-c2ccccc2)n[c]1[Sn]([CH3])([CH3])[CH3]. The van der Waals surface area contributed by atoms with Crippen LogP contribution in [0.1, 0.15) is 0 Å². The summed E-state index contributed by atoms with van der Waals surface area (Å²) in [6.07, 6.45) is 0. The molecule has 0 atom stereocenters. The number of ether oxygens (including phenoxy) is 1. The number of hydrogen-bond acceptors (Lipinski definition) is 2. The second-order valence-electron chi connectivity index (χ2n) is 5.36. The van der Waals surface area contributed by atoms with E-state index in [1.54, 1.807) is 7.11 Å². The molecule has 0 saturated heterocycles. The number of benzene rings is 1. The fourth-order valence-electron chi connectivity index (χ4n) is 1.92. The van der Waals surface area contributed by atoms with Gasteiger partial charge in [0.2, 0.25) is 0 Å². The fourth-order valence-corrected chi connectivity index (χ4v) is 5.86. The van der Waals surface area contributed by atoms with Gasteiger partial charge in [-0.15, -0.1) is 0 Å². The predicted octanol–water partition coefficient (Wildman–Crippen LogP) is 3.30. The van der Waals surface area contributed by atoms with Crippen LogP contribution in [0.5, 0.6) is 5.75 Å². The molecule has 3 heteroatoms. The zero-order valence-corrected chi connectivity index (χ0v) is 14.3. The van der Waals surface area contributed by atoms with E-state index in [4.69, 9.17) is 9.72 Å². The minimum absolute atomic E-state index is 0.943. The Morgan fingerprint density at radius 2 is 1.61 bits per heavy atom. The van der Waals surface area contributed by atoms with Gasteiger partial charge in [0.25, 0.3) is 0 Å². The van der Waals surface area contributed by atoms with E-state index in [1.165, 1.54) is 3.71 Å². The van der Waals surface area contributed by atoms with E-state index in [-0.39, 0.29) is 0 Å². The second kappa shape index (κ2) is 5.31. The third-order valence-corrected chi connectivity index (χ3v) is 7.94. The number of pyridine rings is 1. The maximum absolute atomic E-state index is 5.45. The summed E-state index contributed by atoms with van der Waals surface area (Å²) in [6, 6.07) is 14.4. The van der Waals surface area contributed by atoms with Crippen molar-refractivity contribution < 1.29 is 4.74 Å². The van der Waals surface area contributed by atoms with Gasteiger partial charge < -0.3 is 0 Å². The van der Waals surface area contributed by atoms with Crippen molar-refractivity contribution in [1.29, 1.82) is 0 Å². The van der Waals surface area contributed by atoms with Gasteiger partial charge in [-0.1, -0.05) is 0 Å². The van der Waals surface area contributed by atoms with Crippen LogP contribution in [-0.4, -0.2) is 30.5 Å². The molecule has 2 rings (SSSR count). The summed E-state index contributed by atoms with van der Waals surface area (Å²) < 4.78 is 6.65. The van der Waals surface area contributed by atoms with E-state index in [2.05, 4.69) is 27.0 Å². The first kappa shape index (κ1) is 13.4. The van der Waals surface area contributed by atoms with E-state index in [9.17, 15) is 0 Å². The van der Waals surface area contributed by atoms with E-state index < -0.39 is 18.4 Å². The first-order chi connectivity index (χ1) is 8.52. The summed E-state index contributed by atoms with van der Waals surface area (Å²) in [5.41, 5.74) is 2.20. The molecule has 0 bridgehead atoms. The molecular weight excluding hydrogens is 329 g/mol. The van der Waals surface area contributed by atoms with E-state index in [0.29, 0.717) is 0 Å². The molecule has 18 heavy (non-hydrogen) atoms. The summed E-state index contributed by atoms with van der Waals surface area (Å²) in [4.78, 5) is 11.9. The molecule has 0 radical (unpaired) electrons. The van der Waals surface area contributed by atoms with Crippen LogP contribution in [-0.2, 0) is 0 Å². The molecule has 1 aromatic heterocycles. The number of rotatable bonds is 3. The molecule has 2 nitrogen and oxygen atoms in total. The predicted molar refractivity (Wildman–Crippen MR) is 79.2 cm³/mol. The van der Waals surface area contributed by atoms with Crippen LogP contribution < -0.4 is 8.45 Å². The summed E-state index contributed by atoms with van der Waals surface area (Å²) in [5.74, 6) is 0.943. The Bertz CT molecular complexity index is 532. The van der Waals surface area contributed by atoms with Crippen molar-refractivity contribution in [3.8, 4) is 17.0 Å². The van der Waals surface area contributed by atoms with Crippen molar-refractivity contribution in [3.63, 3.8) is 0 Å². The van der Waals surface area contributed by atoms with Crippen LogP contribution in [0.2, 0.25) is 14.8 Å². The fraction of sp³-hybridized carbons (Fsp3) is 0.267. The molecule has 0 amide bonds. The summed E-state index contributed by atoms with van der Waals surface area (Å²) in [6.45, 7) is 0. The van der Waals surface area contributed by atoms with Gasteiger partial charge in [-0.3, -0.25) is 0 Å². The van der Waals surface area contributed by atoms with E-state index in [1.807, 2.05) is 30.3 Å². The Morgan fingerprint density at radius 3 is 2.17 bits per heavy atom. The molecular formula is C15H19NOSn. The number of nitrogens with zero attached hydrogens (tertiary/aromatic N) is 1. The molecule has 0 fully saturated rings.